The Morgan fingerprint density at radius 2 is 2.06 bits per heavy atom. The van der Waals surface area contributed by atoms with Gasteiger partial charge in [0.05, 0.1) is 14.2 Å². The standard InChI is InChI=1S/C14H17NO2S/c1-16-13-5-3-4-11(14(13)17-2)12(15)8-10-6-7-18-9-10/h3-7,9,12H,8,15H2,1-2H3. The summed E-state index contributed by atoms with van der Waals surface area (Å²) in [6.45, 7) is 0. The summed E-state index contributed by atoms with van der Waals surface area (Å²) in [7, 11) is 3.27. The molecule has 0 saturated heterocycles. The molecule has 0 bridgehead atoms. The van der Waals surface area contributed by atoms with Gasteiger partial charge in [0.2, 0.25) is 0 Å². The van der Waals surface area contributed by atoms with Crippen molar-refractivity contribution in [3.05, 3.63) is 46.2 Å². The fourth-order valence-corrected chi connectivity index (χ4v) is 2.66. The molecule has 1 heterocycles. The van der Waals surface area contributed by atoms with Gasteiger partial charge in [-0.1, -0.05) is 12.1 Å². The van der Waals surface area contributed by atoms with Gasteiger partial charge in [-0.05, 0) is 34.9 Å². The monoisotopic (exact) mass is 263 g/mol. The summed E-state index contributed by atoms with van der Waals surface area (Å²) >= 11 is 1.68. The molecule has 0 aliphatic rings. The van der Waals surface area contributed by atoms with Crippen LogP contribution in [0.15, 0.2) is 35.0 Å². The van der Waals surface area contributed by atoms with Crippen molar-refractivity contribution in [3.63, 3.8) is 0 Å². The lowest BCUT2D eigenvalue weighted by molar-refractivity contribution is 0.349. The average Bonchev–Trinajstić information content (AvgIpc) is 2.90. The highest BCUT2D eigenvalue weighted by Gasteiger charge is 2.16. The highest BCUT2D eigenvalue weighted by Crippen LogP contribution is 2.34. The quantitative estimate of drug-likeness (QED) is 0.902. The number of para-hydroxylation sites is 1. The van der Waals surface area contributed by atoms with Crippen molar-refractivity contribution in [1.82, 2.24) is 0 Å². The van der Waals surface area contributed by atoms with E-state index >= 15 is 0 Å². The zero-order valence-electron chi connectivity index (χ0n) is 10.6. The Morgan fingerprint density at radius 1 is 1.22 bits per heavy atom. The molecule has 0 aliphatic carbocycles. The molecule has 1 aromatic heterocycles. The van der Waals surface area contributed by atoms with Crippen LogP contribution >= 0.6 is 11.3 Å². The molecule has 2 aromatic rings. The van der Waals surface area contributed by atoms with E-state index in [0.717, 1.165) is 23.5 Å². The van der Waals surface area contributed by atoms with E-state index in [9.17, 15) is 0 Å². The fraction of sp³-hybridized carbons (Fsp3) is 0.286. The van der Waals surface area contributed by atoms with Crippen LogP contribution in [0.2, 0.25) is 0 Å². The Bertz CT molecular complexity index is 497. The minimum Gasteiger partial charge on any atom is -0.493 e. The molecule has 1 atom stereocenters. The molecule has 1 aromatic carbocycles. The van der Waals surface area contributed by atoms with Crippen LogP contribution in [0, 0.1) is 0 Å². The van der Waals surface area contributed by atoms with Gasteiger partial charge >= 0.3 is 0 Å². The zero-order chi connectivity index (χ0) is 13.0. The van der Waals surface area contributed by atoms with Crippen molar-refractivity contribution in [2.24, 2.45) is 5.73 Å². The highest BCUT2D eigenvalue weighted by atomic mass is 32.1. The Morgan fingerprint density at radius 3 is 2.67 bits per heavy atom. The smallest absolute Gasteiger partial charge is 0.165 e. The Balaban J connectivity index is 2.26. The second-order valence-electron chi connectivity index (χ2n) is 4.02. The second kappa shape index (κ2) is 5.89. The van der Waals surface area contributed by atoms with Crippen molar-refractivity contribution >= 4 is 11.3 Å². The van der Waals surface area contributed by atoms with Crippen LogP contribution in [0.1, 0.15) is 17.2 Å². The lowest BCUT2D eigenvalue weighted by atomic mass is 10.00. The first-order valence-corrected chi connectivity index (χ1v) is 6.68. The summed E-state index contributed by atoms with van der Waals surface area (Å²) in [5, 5.41) is 4.18. The van der Waals surface area contributed by atoms with Crippen LogP contribution in [0.5, 0.6) is 11.5 Å². The van der Waals surface area contributed by atoms with Gasteiger partial charge in [0.15, 0.2) is 11.5 Å². The molecule has 0 radical (unpaired) electrons. The van der Waals surface area contributed by atoms with E-state index < -0.39 is 0 Å². The van der Waals surface area contributed by atoms with Crippen LogP contribution in [-0.2, 0) is 6.42 Å². The number of hydrogen-bond acceptors (Lipinski definition) is 4. The molecule has 2 rings (SSSR count). The average molecular weight is 263 g/mol. The van der Waals surface area contributed by atoms with Gasteiger partial charge in [0.25, 0.3) is 0 Å². The number of rotatable bonds is 5. The predicted molar refractivity (Wildman–Crippen MR) is 74.5 cm³/mol. The van der Waals surface area contributed by atoms with E-state index in [-0.39, 0.29) is 6.04 Å². The van der Waals surface area contributed by atoms with Crippen molar-refractivity contribution in [3.8, 4) is 11.5 Å². The summed E-state index contributed by atoms with van der Waals surface area (Å²) in [4.78, 5) is 0. The third kappa shape index (κ3) is 2.66. The van der Waals surface area contributed by atoms with Crippen molar-refractivity contribution in [2.45, 2.75) is 12.5 Å². The molecule has 0 aliphatic heterocycles. The molecule has 4 heteroatoms. The van der Waals surface area contributed by atoms with Crippen molar-refractivity contribution in [2.75, 3.05) is 14.2 Å². The molecule has 1 unspecified atom stereocenters. The number of benzene rings is 1. The summed E-state index contributed by atoms with van der Waals surface area (Å²) in [5.41, 5.74) is 8.48. The zero-order valence-corrected chi connectivity index (χ0v) is 11.4. The van der Waals surface area contributed by atoms with Crippen LogP contribution < -0.4 is 15.2 Å². The summed E-state index contributed by atoms with van der Waals surface area (Å²) in [6, 6.07) is 7.80. The molecule has 0 spiro atoms. The fourth-order valence-electron chi connectivity index (χ4n) is 1.98. The minimum atomic E-state index is -0.0929. The van der Waals surface area contributed by atoms with Crippen molar-refractivity contribution in [1.29, 1.82) is 0 Å². The molecule has 0 fully saturated rings. The van der Waals surface area contributed by atoms with Crippen LogP contribution in [-0.4, -0.2) is 14.2 Å². The van der Waals surface area contributed by atoms with Gasteiger partial charge in [-0.3, -0.25) is 0 Å². The van der Waals surface area contributed by atoms with E-state index in [1.165, 1.54) is 5.56 Å². The lowest BCUT2D eigenvalue weighted by Gasteiger charge is -2.17. The summed E-state index contributed by atoms with van der Waals surface area (Å²) in [5.74, 6) is 1.44. The van der Waals surface area contributed by atoms with Gasteiger partial charge < -0.3 is 15.2 Å². The normalized spacial score (nSPS) is 12.2. The molecular weight excluding hydrogens is 246 g/mol. The first kappa shape index (κ1) is 12.9. The SMILES string of the molecule is COc1cccc(C(N)Cc2ccsc2)c1OC. The largest absolute Gasteiger partial charge is 0.493 e. The Labute approximate surface area is 111 Å². The van der Waals surface area contributed by atoms with E-state index in [0.29, 0.717) is 0 Å². The Hall–Kier alpha value is -1.52. The second-order valence-corrected chi connectivity index (χ2v) is 4.80. The summed E-state index contributed by atoms with van der Waals surface area (Å²) in [6.07, 6.45) is 0.799. The maximum atomic E-state index is 6.26. The van der Waals surface area contributed by atoms with Crippen molar-refractivity contribution < 1.29 is 9.47 Å². The number of methoxy groups -OCH3 is 2. The third-order valence-electron chi connectivity index (χ3n) is 2.87. The maximum absolute atomic E-state index is 6.26. The first-order chi connectivity index (χ1) is 8.76. The van der Waals surface area contributed by atoms with Gasteiger partial charge in [0, 0.05) is 11.6 Å². The van der Waals surface area contributed by atoms with Gasteiger partial charge in [-0.25, -0.2) is 0 Å². The summed E-state index contributed by atoms with van der Waals surface area (Å²) < 4.78 is 10.7. The van der Waals surface area contributed by atoms with E-state index in [1.54, 1.807) is 25.6 Å². The molecule has 2 N–H and O–H groups in total. The van der Waals surface area contributed by atoms with Crippen LogP contribution in [0.3, 0.4) is 0 Å². The molecule has 96 valence electrons. The van der Waals surface area contributed by atoms with E-state index in [2.05, 4.69) is 16.8 Å². The number of thiophene rings is 1. The predicted octanol–water partition coefficient (Wildman–Crippen LogP) is 3.01. The molecule has 3 nitrogen and oxygen atoms in total. The van der Waals surface area contributed by atoms with Gasteiger partial charge in [-0.2, -0.15) is 11.3 Å². The third-order valence-corrected chi connectivity index (χ3v) is 3.60. The topological polar surface area (TPSA) is 44.5 Å². The van der Waals surface area contributed by atoms with Crippen LogP contribution in [0.25, 0.3) is 0 Å². The maximum Gasteiger partial charge on any atom is 0.165 e. The highest BCUT2D eigenvalue weighted by molar-refractivity contribution is 7.07. The van der Waals surface area contributed by atoms with Gasteiger partial charge in [0.1, 0.15) is 0 Å². The molecule has 0 amide bonds. The minimum absolute atomic E-state index is 0.0929. The lowest BCUT2D eigenvalue weighted by Crippen LogP contribution is -2.14. The number of ether oxygens (including phenoxy) is 2. The molecular formula is C14H17NO2S. The van der Waals surface area contributed by atoms with Gasteiger partial charge in [-0.15, -0.1) is 0 Å². The van der Waals surface area contributed by atoms with E-state index in [1.807, 2.05) is 18.2 Å². The Kier molecular flexibility index (Phi) is 4.23. The molecule has 0 saturated carbocycles. The number of hydrogen-bond donors (Lipinski definition) is 1. The number of nitrogens with two attached hydrogens (primary N) is 1. The van der Waals surface area contributed by atoms with Crippen LogP contribution in [0.4, 0.5) is 0 Å². The molecule has 18 heavy (non-hydrogen) atoms. The van der Waals surface area contributed by atoms with E-state index in [4.69, 9.17) is 15.2 Å². The first-order valence-electron chi connectivity index (χ1n) is 5.73.